The smallest absolute Gasteiger partial charge is 0.236 e. The summed E-state index contributed by atoms with van der Waals surface area (Å²) in [6, 6.07) is 18.7. The summed E-state index contributed by atoms with van der Waals surface area (Å²) in [5.41, 5.74) is 3.94. The lowest BCUT2D eigenvalue weighted by Crippen LogP contribution is -2.40. The van der Waals surface area contributed by atoms with E-state index in [1.807, 2.05) is 30.1 Å². The van der Waals surface area contributed by atoms with Gasteiger partial charge in [-0.25, -0.2) is 0 Å². The SMILES string of the molecule is CN(Cc1ccccc1)C(=O)CN1CCc2ccccc2C1. The maximum Gasteiger partial charge on any atom is 0.236 e. The normalized spacial score (nSPS) is 14.4. The number of fused-ring (bicyclic) bond motifs is 1. The van der Waals surface area contributed by atoms with Gasteiger partial charge in [0.2, 0.25) is 5.91 Å². The van der Waals surface area contributed by atoms with Gasteiger partial charge in [0, 0.05) is 26.7 Å². The lowest BCUT2D eigenvalue weighted by atomic mass is 10.00. The minimum atomic E-state index is 0.184. The van der Waals surface area contributed by atoms with Crippen molar-refractivity contribution in [3.63, 3.8) is 0 Å². The van der Waals surface area contributed by atoms with Crippen molar-refractivity contribution in [2.24, 2.45) is 0 Å². The molecule has 114 valence electrons. The van der Waals surface area contributed by atoms with Crippen LogP contribution in [0.4, 0.5) is 0 Å². The first-order valence-electron chi connectivity index (χ1n) is 7.79. The van der Waals surface area contributed by atoms with Crippen LogP contribution < -0.4 is 0 Å². The second-order valence-electron chi connectivity index (χ2n) is 5.96. The van der Waals surface area contributed by atoms with E-state index in [1.54, 1.807) is 0 Å². The van der Waals surface area contributed by atoms with Crippen LogP contribution in [-0.2, 0) is 24.3 Å². The minimum Gasteiger partial charge on any atom is -0.340 e. The number of hydrogen-bond donors (Lipinski definition) is 0. The van der Waals surface area contributed by atoms with E-state index in [-0.39, 0.29) is 5.91 Å². The molecule has 1 heterocycles. The fourth-order valence-corrected chi connectivity index (χ4v) is 2.95. The molecule has 22 heavy (non-hydrogen) atoms. The minimum absolute atomic E-state index is 0.184. The summed E-state index contributed by atoms with van der Waals surface area (Å²) in [5, 5.41) is 0. The summed E-state index contributed by atoms with van der Waals surface area (Å²) in [5.74, 6) is 0.184. The quantitative estimate of drug-likeness (QED) is 0.865. The molecule has 0 saturated heterocycles. The first-order valence-corrected chi connectivity index (χ1v) is 7.79. The second-order valence-corrected chi connectivity index (χ2v) is 5.96. The van der Waals surface area contributed by atoms with Crippen molar-refractivity contribution >= 4 is 5.91 Å². The average Bonchev–Trinajstić information content (AvgIpc) is 2.55. The number of hydrogen-bond acceptors (Lipinski definition) is 2. The Balaban J connectivity index is 1.56. The molecule has 3 nitrogen and oxygen atoms in total. The molecule has 1 amide bonds. The Labute approximate surface area is 132 Å². The lowest BCUT2D eigenvalue weighted by Gasteiger charge is -2.29. The number of benzene rings is 2. The zero-order valence-corrected chi connectivity index (χ0v) is 13.0. The number of amides is 1. The molecule has 0 radical (unpaired) electrons. The van der Waals surface area contributed by atoms with E-state index in [0.717, 1.165) is 19.5 Å². The van der Waals surface area contributed by atoms with Crippen LogP contribution >= 0.6 is 0 Å². The number of rotatable bonds is 4. The van der Waals surface area contributed by atoms with E-state index in [0.29, 0.717) is 13.1 Å². The van der Waals surface area contributed by atoms with Gasteiger partial charge in [0.15, 0.2) is 0 Å². The maximum atomic E-state index is 12.4. The molecule has 0 N–H and O–H groups in total. The third kappa shape index (κ3) is 3.55. The fraction of sp³-hybridized carbons (Fsp3) is 0.316. The highest BCUT2D eigenvalue weighted by molar-refractivity contribution is 5.78. The van der Waals surface area contributed by atoms with E-state index in [4.69, 9.17) is 0 Å². The predicted molar refractivity (Wildman–Crippen MR) is 88.3 cm³/mol. The number of likely N-dealkylation sites (N-methyl/N-ethyl adjacent to an activating group) is 1. The van der Waals surface area contributed by atoms with Crippen LogP contribution in [0.25, 0.3) is 0 Å². The summed E-state index contributed by atoms with van der Waals surface area (Å²) in [7, 11) is 1.88. The van der Waals surface area contributed by atoms with Gasteiger partial charge < -0.3 is 4.90 Å². The molecule has 0 atom stereocenters. The van der Waals surface area contributed by atoms with Crippen molar-refractivity contribution in [2.75, 3.05) is 20.1 Å². The molecule has 2 aromatic rings. The van der Waals surface area contributed by atoms with Crippen LogP contribution in [-0.4, -0.2) is 35.8 Å². The van der Waals surface area contributed by atoms with Gasteiger partial charge >= 0.3 is 0 Å². The highest BCUT2D eigenvalue weighted by Gasteiger charge is 2.19. The highest BCUT2D eigenvalue weighted by atomic mass is 16.2. The van der Waals surface area contributed by atoms with Crippen LogP contribution in [0.2, 0.25) is 0 Å². The van der Waals surface area contributed by atoms with Gasteiger partial charge in [-0.2, -0.15) is 0 Å². The van der Waals surface area contributed by atoms with Crippen LogP contribution in [0.3, 0.4) is 0 Å². The molecule has 0 aromatic heterocycles. The molecule has 0 saturated carbocycles. The van der Waals surface area contributed by atoms with E-state index in [1.165, 1.54) is 16.7 Å². The third-order valence-corrected chi connectivity index (χ3v) is 4.26. The van der Waals surface area contributed by atoms with E-state index >= 15 is 0 Å². The standard InChI is InChI=1S/C19H22N2O/c1-20(13-16-7-3-2-4-8-16)19(22)15-21-12-11-17-9-5-6-10-18(17)14-21/h2-10H,11-15H2,1H3. The number of carbonyl (C=O) groups is 1. The highest BCUT2D eigenvalue weighted by Crippen LogP contribution is 2.18. The lowest BCUT2D eigenvalue weighted by molar-refractivity contribution is -0.131. The monoisotopic (exact) mass is 294 g/mol. The Morgan fingerprint density at radius 3 is 2.50 bits per heavy atom. The molecule has 1 aliphatic heterocycles. The van der Waals surface area contributed by atoms with Crippen molar-refractivity contribution in [1.29, 1.82) is 0 Å². The van der Waals surface area contributed by atoms with Crippen molar-refractivity contribution in [3.05, 3.63) is 71.3 Å². The Morgan fingerprint density at radius 2 is 1.73 bits per heavy atom. The Kier molecular flexibility index (Phi) is 4.54. The summed E-state index contributed by atoms with van der Waals surface area (Å²) >= 11 is 0. The van der Waals surface area contributed by atoms with Gasteiger partial charge in [-0.15, -0.1) is 0 Å². The summed E-state index contributed by atoms with van der Waals surface area (Å²) < 4.78 is 0. The predicted octanol–water partition coefficient (Wildman–Crippen LogP) is 2.70. The Hall–Kier alpha value is -2.13. The van der Waals surface area contributed by atoms with Crippen molar-refractivity contribution in [2.45, 2.75) is 19.5 Å². The molecule has 0 unspecified atom stereocenters. The van der Waals surface area contributed by atoms with Gasteiger partial charge in [0.05, 0.1) is 6.54 Å². The van der Waals surface area contributed by atoms with Gasteiger partial charge in [0.1, 0.15) is 0 Å². The zero-order chi connectivity index (χ0) is 15.4. The first-order chi connectivity index (χ1) is 10.7. The summed E-state index contributed by atoms with van der Waals surface area (Å²) in [4.78, 5) is 16.5. The van der Waals surface area contributed by atoms with E-state index < -0.39 is 0 Å². The van der Waals surface area contributed by atoms with Crippen molar-refractivity contribution in [3.8, 4) is 0 Å². The Bertz CT molecular complexity index is 639. The molecular weight excluding hydrogens is 272 g/mol. The number of carbonyl (C=O) groups excluding carboxylic acids is 1. The van der Waals surface area contributed by atoms with Gasteiger partial charge in [-0.05, 0) is 23.1 Å². The van der Waals surface area contributed by atoms with Crippen LogP contribution in [0, 0.1) is 0 Å². The topological polar surface area (TPSA) is 23.6 Å². The number of nitrogens with zero attached hydrogens (tertiary/aromatic N) is 2. The zero-order valence-electron chi connectivity index (χ0n) is 13.0. The molecule has 0 bridgehead atoms. The van der Waals surface area contributed by atoms with Crippen LogP contribution in [0.1, 0.15) is 16.7 Å². The third-order valence-electron chi connectivity index (χ3n) is 4.26. The molecular formula is C19H22N2O. The summed E-state index contributed by atoms with van der Waals surface area (Å²) in [6.07, 6.45) is 1.03. The van der Waals surface area contributed by atoms with Gasteiger partial charge in [-0.3, -0.25) is 9.69 Å². The average molecular weight is 294 g/mol. The van der Waals surface area contributed by atoms with Crippen LogP contribution in [0.5, 0.6) is 0 Å². The fourth-order valence-electron chi connectivity index (χ4n) is 2.95. The van der Waals surface area contributed by atoms with Crippen molar-refractivity contribution in [1.82, 2.24) is 9.80 Å². The van der Waals surface area contributed by atoms with Crippen LogP contribution in [0.15, 0.2) is 54.6 Å². The van der Waals surface area contributed by atoms with E-state index in [9.17, 15) is 4.79 Å². The molecule has 0 spiro atoms. The molecule has 1 aliphatic rings. The molecule has 0 aliphatic carbocycles. The molecule has 3 heteroatoms. The van der Waals surface area contributed by atoms with Crippen molar-refractivity contribution < 1.29 is 4.79 Å². The van der Waals surface area contributed by atoms with Gasteiger partial charge in [0.25, 0.3) is 0 Å². The molecule has 0 fully saturated rings. The Morgan fingerprint density at radius 1 is 1.05 bits per heavy atom. The molecule has 2 aromatic carbocycles. The second kappa shape index (κ2) is 6.75. The largest absolute Gasteiger partial charge is 0.340 e. The summed E-state index contributed by atoms with van der Waals surface area (Å²) in [6.45, 7) is 3.00. The first kappa shape index (κ1) is 14.8. The maximum absolute atomic E-state index is 12.4. The van der Waals surface area contributed by atoms with Gasteiger partial charge in [-0.1, -0.05) is 54.6 Å². The van der Waals surface area contributed by atoms with E-state index in [2.05, 4.69) is 41.3 Å². The molecule has 3 rings (SSSR count).